The number of thiazole rings is 1. The first-order valence-electron chi connectivity index (χ1n) is 9.42. The van der Waals surface area contributed by atoms with E-state index < -0.39 is 0 Å². The average molecular weight is 486 g/mol. The molecule has 0 atom stereocenters. The first-order valence-corrected chi connectivity index (χ1v) is 11.0. The molecule has 4 rings (SSSR count). The van der Waals surface area contributed by atoms with Gasteiger partial charge in [0.2, 0.25) is 4.96 Å². The number of ether oxygens (including phenoxy) is 2. The van der Waals surface area contributed by atoms with Crippen molar-refractivity contribution in [1.29, 1.82) is 0 Å². The number of hydrogen-bond donors (Lipinski definition) is 0. The fourth-order valence-electron chi connectivity index (χ4n) is 2.86. The van der Waals surface area contributed by atoms with Crippen LogP contribution in [0.25, 0.3) is 22.4 Å². The molecule has 0 unspecified atom stereocenters. The molecule has 0 radical (unpaired) electrons. The highest BCUT2D eigenvalue weighted by molar-refractivity contribution is 9.10. The topological polar surface area (TPSA) is 65.7 Å². The molecule has 0 N–H and O–H groups in total. The number of hydrogen-bond acceptors (Lipinski definition) is 6. The summed E-state index contributed by atoms with van der Waals surface area (Å²) in [6.45, 7) is 4.79. The van der Waals surface area contributed by atoms with Crippen LogP contribution in [-0.2, 0) is 0 Å². The minimum Gasteiger partial charge on any atom is -0.493 e. The highest BCUT2D eigenvalue weighted by Crippen LogP contribution is 2.28. The van der Waals surface area contributed by atoms with Gasteiger partial charge in [0.05, 0.1) is 18.2 Å². The summed E-state index contributed by atoms with van der Waals surface area (Å²) in [4.78, 5) is 17.9. The molecule has 2 heterocycles. The maximum absolute atomic E-state index is 12.8. The molecule has 2 aromatic carbocycles. The van der Waals surface area contributed by atoms with Gasteiger partial charge < -0.3 is 9.47 Å². The fraction of sp³-hybridized carbons (Fsp3) is 0.227. The number of methoxy groups -OCH3 is 1. The van der Waals surface area contributed by atoms with E-state index >= 15 is 0 Å². The Bertz CT molecular complexity index is 1300. The van der Waals surface area contributed by atoms with Crippen LogP contribution in [-0.4, -0.2) is 28.3 Å². The SMILES string of the molecule is COc1cc(C=c2sc3nc(-c4ccc(Br)cc4)nn3c2=O)ccc1OCC(C)C. The zero-order valence-electron chi connectivity index (χ0n) is 16.8. The maximum atomic E-state index is 12.8. The van der Waals surface area contributed by atoms with Crippen LogP contribution < -0.4 is 19.6 Å². The van der Waals surface area contributed by atoms with Crippen molar-refractivity contribution in [2.24, 2.45) is 5.92 Å². The van der Waals surface area contributed by atoms with Crippen LogP contribution in [0.1, 0.15) is 19.4 Å². The van der Waals surface area contributed by atoms with E-state index in [1.165, 1.54) is 15.9 Å². The molecule has 0 amide bonds. The summed E-state index contributed by atoms with van der Waals surface area (Å²) in [6.07, 6.45) is 1.82. The molecular formula is C22H20BrN3O3S. The molecule has 0 aliphatic heterocycles. The van der Waals surface area contributed by atoms with Crippen molar-refractivity contribution in [3.63, 3.8) is 0 Å². The lowest BCUT2D eigenvalue weighted by Crippen LogP contribution is -2.23. The molecule has 0 aliphatic rings. The van der Waals surface area contributed by atoms with Crippen molar-refractivity contribution in [3.8, 4) is 22.9 Å². The van der Waals surface area contributed by atoms with Gasteiger partial charge in [-0.05, 0) is 41.8 Å². The summed E-state index contributed by atoms with van der Waals surface area (Å²) in [6, 6.07) is 13.3. The summed E-state index contributed by atoms with van der Waals surface area (Å²) in [5.74, 6) is 2.27. The third-order valence-electron chi connectivity index (χ3n) is 4.34. The van der Waals surface area contributed by atoms with Crippen LogP contribution in [0.15, 0.2) is 51.7 Å². The van der Waals surface area contributed by atoms with Crippen LogP contribution in [0, 0.1) is 5.92 Å². The molecule has 0 aliphatic carbocycles. The lowest BCUT2D eigenvalue weighted by molar-refractivity contribution is 0.257. The van der Waals surface area contributed by atoms with Gasteiger partial charge in [0, 0.05) is 10.0 Å². The summed E-state index contributed by atoms with van der Waals surface area (Å²) in [5.41, 5.74) is 1.52. The van der Waals surface area contributed by atoms with E-state index in [2.05, 4.69) is 39.9 Å². The zero-order chi connectivity index (χ0) is 21.3. The summed E-state index contributed by atoms with van der Waals surface area (Å²) < 4.78 is 14.1. The van der Waals surface area contributed by atoms with Crippen molar-refractivity contribution in [2.45, 2.75) is 13.8 Å². The van der Waals surface area contributed by atoms with Crippen molar-refractivity contribution >= 4 is 38.3 Å². The second-order valence-electron chi connectivity index (χ2n) is 7.17. The number of rotatable bonds is 6. The predicted octanol–water partition coefficient (Wildman–Crippen LogP) is 4.17. The Balaban J connectivity index is 1.67. The summed E-state index contributed by atoms with van der Waals surface area (Å²) >= 11 is 4.72. The highest BCUT2D eigenvalue weighted by Gasteiger charge is 2.12. The van der Waals surface area contributed by atoms with Gasteiger partial charge in [-0.15, -0.1) is 5.10 Å². The third kappa shape index (κ3) is 4.24. The normalized spacial score (nSPS) is 12.1. The van der Waals surface area contributed by atoms with Crippen LogP contribution >= 0.6 is 27.3 Å². The van der Waals surface area contributed by atoms with Gasteiger partial charge in [-0.2, -0.15) is 9.50 Å². The number of halogens is 1. The lowest BCUT2D eigenvalue weighted by Gasteiger charge is -2.12. The molecule has 0 fully saturated rings. The van der Waals surface area contributed by atoms with Gasteiger partial charge in [0.15, 0.2) is 17.3 Å². The second-order valence-corrected chi connectivity index (χ2v) is 9.09. The highest BCUT2D eigenvalue weighted by atomic mass is 79.9. The minimum atomic E-state index is -0.190. The van der Waals surface area contributed by atoms with E-state index in [1.54, 1.807) is 7.11 Å². The molecule has 0 spiro atoms. The van der Waals surface area contributed by atoms with E-state index in [0.717, 1.165) is 15.6 Å². The van der Waals surface area contributed by atoms with E-state index in [1.807, 2.05) is 48.5 Å². The first-order chi connectivity index (χ1) is 14.4. The van der Waals surface area contributed by atoms with E-state index in [4.69, 9.17) is 9.47 Å². The third-order valence-corrected chi connectivity index (χ3v) is 5.83. The van der Waals surface area contributed by atoms with Gasteiger partial charge in [0.25, 0.3) is 5.56 Å². The Morgan fingerprint density at radius 1 is 1.17 bits per heavy atom. The van der Waals surface area contributed by atoms with Gasteiger partial charge in [-0.1, -0.05) is 59.3 Å². The van der Waals surface area contributed by atoms with Gasteiger partial charge in [-0.25, -0.2) is 0 Å². The second kappa shape index (κ2) is 8.57. The Morgan fingerprint density at radius 3 is 2.60 bits per heavy atom. The van der Waals surface area contributed by atoms with Crippen molar-refractivity contribution < 1.29 is 9.47 Å². The molecular weight excluding hydrogens is 466 g/mol. The number of fused-ring (bicyclic) bond motifs is 1. The standard InChI is InChI=1S/C22H20BrN3O3S/c1-13(2)12-29-17-9-4-14(10-18(17)28-3)11-19-21(27)26-22(30-19)24-20(25-26)15-5-7-16(23)8-6-15/h4-11,13H,12H2,1-3H3. The Morgan fingerprint density at radius 2 is 1.93 bits per heavy atom. The number of aromatic nitrogens is 3. The van der Waals surface area contributed by atoms with Crippen molar-refractivity contribution in [2.75, 3.05) is 13.7 Å². The molecule has 30 heavy (non-hydrogen) atoms. The Labute approximate surface area is 185 Å². The zero-order valence-corrected chi connectivity index (χ0v) is 19.2. The minimum absolute atomic E-state index is 0.190. The van der Waals surface area contributed by atoms with E-state index in [-0.39, 0.29) is 5.56 Å². The van der Waals surface area contributed by atoms with Crippen molar-refractivity contribution in [1.82, 2.24) is 14.6 Å². The number of benzene rings is 2. The molecule has 8 heteroatoms. The number of nitrogens with zero attached hydrogens (tertiary/aromatic N) is 3. The maximum Gasteiger partial charge on any atom is 0.291 e. The smallest absolute Gasteiger partial charge is 0.291 e. The Kier molecular flexibility index (Phi) is 5.87. The molecule has 0 saturated heterocycles. The Hall–Kier alpha value is -2.71. The molecule has 6 nitrogen and oxygen atoms in total. The van der Waals surface area contributed by atoms with Gasteiger partial charge >= 0.3 is 0 Å². The molecule has 0 bridgehead atoms. The fourth-order valence-corrected chi connectivity index (χ4v) is 4.03. The average Bonchev–Trinajstić information content (AvgIpc) is 3.27. The van der Waals surface area contributed by atoms with Gasteiger partial charge in [-0.3, -0.25) is 4.79 Å². The summed E-state index contributed by atoms with van der Waals surface area (Å²) in [5, 5.41) is 4.39. The molecule has 154 valence electrons. The van der Waals surface area contributed by atoms with Crippen LogP contribution in [0.4, 0.5) is 0 Å². The lowest BCUT2D eigenvalue weighted by atomic mass is 10.2. The predicted molar refractivity (Wildman–Crippen MR) is 122 cm³/mol. The van der Waals surface area contributed by atoms with Crippen molar-refractivity contribution in [3.05, 3.63) is 67.4 Å². The van der Waals surface area contributed by atoms with Crippen LogP contribution in [0.5, 0.6) is 11.5 Å². The largest absolute Gasteiger partial charge is 0.493 e. The molecule has 0 saturated carbocycles. The van der Waals surface area contributed by atoms with Crippen LogP contribution in [0.2, 0.25) is 0 Å². The van der Waals surface area contributed by atoms with E-state index in [9.17, 15) is 4.79 Å². The monoisotopic (exact) mass is 485 g/mol. The molecule has 2 aromatic heterocycles. The molecule has 4 aromatic rings. The summed E-state index contributed by atoms with van der Waals surface area (Å²) in [7, 11) is 1.60. The quantitative estimate of drug-likeness (QED) is 0.409. The first kappa shape index (κ1) is 20.6. The van der Waals surface area contributed by atoms with Crippen LogP contribution in [0.3, 0.4) is 0 Å². The van der Waals surface area contributed by atoms with E-state index in [0.29, 0.717) is 39.3 Å². The van der Waals surface area contributed by atoms with Gasteiger partial charge in [0.1, 0.15) is 0 Å².